The maximum absolute atomic E-state index is 11.2. The molecule has 0 fully saturated rings. The fourth-order valence-electron chi connectivity index (χ4n) is 1.51. The van der Waals surface area contributed by atoms with E-state index < -0.39 is 5.91 Å². The lowest BCUT2D eigenvalue weighted by Gasteiger charge is -2.06. The molecule has 1 aromatic heterocycles. The van der Waals surface area contributed by atoms with Gasteiger partial charge in [0.2, 0.25) is 0 Å². The highest BCUT2D eigenvalue weighted by Crippen LogP contribution is 2.24. The molecule has 0 aliphatic carbocycles. The van der Waals surface area contributed by atoms with Crippen LogP contribution in [-0.4, -0.2) is 5.91 Å². The standard InChI is InChI=1S/C13H10ClN3O3/c14-9-2-1-8(6-15)12(5-9)19-7-10-3-4-11(20-10)13(18)17-16/h1-5H,7,16H2,(H,17,18). The van der Waals surface area contributed by atoms with Gasteiger partial charge in [-0.1, -0.05) is 11.6 Å². The van der Waals surface area contributed by atoms with E-state index in [-0.39, 0.29) is 12.4 Å². The highest BCUT2D eigenvalue weighted by molar-refractivity contribution is 6.30. The second kappa shape index (κ2) is 6.10. The van der Waals surface area contributed by atoms with Gasteiger partial charge in [0.05, 0.1) is 5.56 Å². The largest absolute Gasteiger partial charge is 0.484 e. The minimum Gasteiger partial charge on any atom is -0.484 e. The predicted molar refractivity (Wildman–Crippen MR) is 70.9 cm³/mol. The quantitative estimate of drug-likeness (QED) is 0.509. The summed E-state index contributed by atoms with van der Waals surface area (Å²) in [6, 6.07) is 9.76. The zero-order chi connectivity index (χ0) is 14.5. The topological polar surface area (TPSA) is 101 Å². The van der Waals surface area contributed by atoms with Gasteiger partial charge in [-0.25, -0.2) is 5.84 Å². The number of nitrogens with two attached hydrogens (primary N) is 1. The van der Waals surface area contributed by atoms with Gasteiger partial charge in [-0.3, -0.25) is 10.2 Å². The molecule has 0 aliphatic heterocycles. The molecule has 3 N–H and O–H groups in total. The first-order valence-corrected chi connectivity index (χ1v) is 5.94. The van der Waals surface area contributed by atoms with Crippen molar-refractivity contribution < 1.29 is 13.9 Å². The molecule has 6 nitrogen and oxygen atoms in total. The van der Waals surface area contributed by atoms with E-state index in [1.165, 1.54) is 12.1 Å². The fourth-order valence-corrected chi connectivity index (χ4v) is 1.67. The Labute approximate surface area is 119 Å². The molecule has 0 radical (unpaired) electrons. The predicted octanol–water partition coefficient (Wildman–Crippen LogP) is 1.99. The maximum Gasteiger partial charge on any atom is 0.300 e. The first kappa shape index (κ1) is 13.9. The number of carbonyl (C=O) groups is 1. The summed E-state index contributed by atoms with van der Waals surface area (Å²) in [5, 5.41) is 9.41. The average molecular weight is 292 g/mol. The molecule has 0 aliphatic rings. The van der Waals surface area contributed by atoms with Gasteiger partial charge in [-0.15, -0.1) is 0 Å². The zero-order valence-electron chi connectivity index (χ0n) is 10.2. The molecule has 7 heteroatoms. The lowest BCUT2D eigenvalue weighted by Crippen LogP contribution is -2.29. The number of nitrogens with zero attached hydrogens (tertiary/aromatic N) is 1. The Morgan fingerprint density at radius 1 is 1.45 bits per heavy atom. The number of halogens is 1. The van der Waals surface area contributed by atoms with Crippen molar-refractivity contribution in [3.63, 3.8) is 0 Å². The minimum atomic E-state index is -0.531. The highest BCUT2D eigenvalue weighted by Gasteiger charge is 2.11. The number of hydrazine groups is 1. The van der Waals surface area contributed by atoms with Crippen LogP contribution in [0.5, 0.6) is 5.75 Å². The number of benzene rings is 1. The van der Waals surface area contributed by atoms with Crippen molar-refractivity contribution in [1.29, 1.82) is 5.26 Å². The van der Waals surface area contributed by atoms with E-state index in [1.807, 2.05) is 11.5 Å². The van der Waals surface area contributed by atoms with Crippen molar-refractivity contribution in [2.24, 2.45) is 5.84 Å². The molecule has 0 saturated heterocycles. The van der Waals surface area contributed by atoms with E-state index in [0.717, 1.165) is 0 Å². The van der Waals surface area contributed by atoms with Crippen LogP contribution in [0.15, 0.2) is 34.7 Å². The number of rotatable bonds is 4. The van der Waals surface area contributed by atoms with Crippen molar-refractivity contribution in [3.8, 4) is 11.8 Å². The van der Waals surface area contributed by atoms with Gasteiger partial charge in [0, 0.05) is 11.1 Å². The lowest BCUT2D eigenvalue weighted by molar-refractivity contribution is 0.0922. The number of carbonyl (C=O) groups excluding carboxylic acids is 1. The van der Waals surface area contributed by atoms with E-state index >= 15 is 0 Å². The average Bonchev–Trinajstić information content (AvgIpc) is 2.93. The highest BCUT2D eigenvalue weighted by atomic mass is 35.5. The first-order valence-electron chi connectivity index (χ1n) is 5.56. The van der Waals surface area contributed by atoms with Gasteiger partial charge in [0.25, 0.3) is 0 Å². The van der Waals surface area contributed by atoms with Gasteiger partial charge in [0.15, 0.2) is 5.76 Å². The molecule has 2 aromatic rings. The second-order valence-corrected chi connectivity index (χ2v) is 4.22. The number of amides is 1. The Hall–Kier alpha value is -2.49. The third kappa shape index (κ3) is 3.09. The van der Waals surface area contributed by atoms with Crippen LogP contribution in [0, 0.1) is 11.3 Å². The number of ether oxygens (including phenoxy) is 1. The normalized spacial score (nSPS) is 9.85. The summed E-state index contributed by atoms with van der Waals surface area (Å²) in [4.78, 5) is 11.2. The maximum atomic E-state index is 11.2. The summed E-state index contributed by atoms with van der Waals surface area (Å²) in [6.07, 6.45) is 0. The number of hydrogen-bond donors (Lipinski definition) is 2. The summed E-state index contributed by atoms with van der Waals surface area (Å²) >= 11 is 5.84. The van der Waals surface area contributed by atoms with E-state index in [0.29, 0.717) is 22.1 Å². The number of nitrogen functional groups attached to an aromatic ring is 1. The van der Waals surface area contributed by atoms with Crippen LogP contribution in [0.2, 0.25) is 5.02 Å². The fraction of sp³-hybridized carbons (Fsp3) is 0.0769. The Kier molecular flexibility index (Phi) is 4.25. The molecule has 1 amide bonds. The van der Waals surface area contributed by atoms with Crippen molar-refractivity contribution in [2.75, 3.05) is 0 Å². The van der Waals surface area contributed by atoms with Crippen LogP contribution in [0.4, 0.5) is 0 Å². The molecule has 1 aromatic carbocycles. The molecule has 20 heavy (non-hydrogen) atoms. The molecule has 102 valence electrons. The number of nitriles is 1. The Morgan fingerprint density at radius 2 is 2.25 bits per heavy atom. The second-order valence-electron chi connectivity index (χ2n) is 3.78. The van der Waals surface area contributed by atoms with Crippen molar-refractivity contribution in [1.82, 2.24) is 5.43 Å². The van der Waals surface area contributed by atoms with Gasteiger partial charge < -0.3 is 9.15 Å². The van der Waals surface area contributed by atoms with Gasteiger partial charge in [-0.2, -0.15) is 5.26 Å². The van der Waals surface area contributed by atoms with Gasteiger partial charge in [0.1, 0.15) is 24.2 Å². The van der Waals surface area contributed by atoms with Crippen LogP contribution >= 0.6 is 11.6 Å². The number of hydrogen-bond acceptors (Lipinski definition) is 5. The van der Waals surface area contributed by atoms with Crippen molar-refractivity contribution in [3.05, 3.63) is 52.4 Å². The minimum absolute atomic E-state index is 0.0624. The van der Waals surface area contributed by atoms with E-state index in [9.17, 15) is 4.79 Å². The third-order valence-corrected chi connectivity index (χ3v) is 2.69. The molecule has 0 spiro atoms. The lowest BCUT2D eigenvalue weighted by atomic mass is 10.2. The van der Waals surface area contributed by atoms with Crippen LogP contribution in [-0.2, 0) is 6.61 Å². The summed E-state index contributed by atoms with van der Waals surface area (Å²) in [5.74, 6) is 5.31. The van der Waals surface area contributed by atoms with Crippen LogP contribution in [0.25, 0.3) is 0 Å². The van der Waals surface area contributed by atoms with Gasteiger partial charge >= 0.3 is 5.91 Å². The van der Waals surface area contributed by atoms with E-state index in [1.54, 1.807) is 18.2 Å². The molecule has 1 heterocycles. The Balaban J connectivity index is 2.09. The van der Waals surface area contributed by atoms with Crippen LogP contribution in [0.3, 0.4) is 0 Å². The zero-order valence-corrected chi connectivity index (χ0v) is 11.0. The smallest absolute Gasteiger partial charge is 0.300 e. The number of furan rings is 1. The molecular formula is C13H10ClN3O3. The molecular weight excluding hydrogens is 282 g/mol. The molecule has 0 bridgehead atoms. The first-order chi connectivity index (χ1) is 9.63. The molecule has 0 unspecified atom stereocenters. The van der Waals surface area contributed by atoms with E-state index in [2.05, 4.69) is 0 Å². The monoisotopic (exact) mass is 291 g/mol. The van der Waals surface area contributed by atoms with Crippen molar-refractivity contribution >= 4 is 17.5 Å². The summed E-state index contributed by atoms with van der Waals surface area (Å²) < 4.78 is 10.7. The Morgan fingerprint density at radius 3 is 2.95 bits per heavy atom. The molecule has 2 rings (SSSR count). The number of nitrogens with one attached hydrogen (secondary N) is 1. The SMILES string of the molecule is N#Cc1ccc(Cl)cc1OCc1ccc(C(=O)NN)o1. The molecule has 0 atom stereocenters. The third-order valence-electron chi connectivity index (χ3n) is 2.45. The summed E-state index contributed by atoms with van der Waals surface area (Å²) in [7, 11) is 0. The molecule has 0 saturated carbocycles. The van der Waals surface area contributed by atoms with Crippen LogP contribution < -0.4 is 16.0 Å². The summed E-state index contributed by atoms with van der Waals surface area (Å²) in [6.45, 7) is 0.0624. The van der Waals surface area contributed by atoms with Crippen molar-refractivity contribution in [2.45, 2.75) is 6.61 Å². The van der Waals surface area contributed by atoms with Gasteiger partial charge in [-0.05, 0) is 24.3 Å². The van der Waals surface area contributed by atoms with Crippen LogP contribution in [0.1, 0.15) is 21.9 Å². The van der Waals surface area contributed by atoms with E-state index in [4.69, 9.17) is 31.9 Å². The summed E-state index contributed by atoms with van der Waals surface area (Å²) in [5.41, 5.74) is 2.32. The Bertz CT molecular complexity index is 676.